The van der Waals surface area contributed by atoms with Gasteiger partial charge < -0.3 is 9.51 Å². The Labute approximate surface area is 103 Å². The Balaban J connectivity index is 2.14. The van der Waals surface area contributed by atoms with Crippen molar-refractivity contribution in [3.05, 3.63) is 60.7 Å². The molecule has 18 heavy (non-hydrogen) atoms. The minimum Gasteiger partial charge on any atom is -0.478 e. The van der Waals surface area contributed by atoms with Crippen molar-refractivity contribution in [3.63, 3.8) is 0 Å². The first-order valence-electron chi connectivity index (χ1n) is 5.49. The van der Waals surface area contributed by atoms with Gasteiger partial charge in [-0.15, -0.1) is 0 Å². The van der Waals surface area contributed by atoms with Crippen LogP contribution in [0.15, 0.2) is 55.1 Å². The molecule has 88 valence electrons. The Kier molecular flexibility index (Phi) is 2.34. The fourth-order valence-electron chi connectivity index (χ4n) is 1.94. The van der Waals surface area contributed by atoms with Crippen molar-refractivity contribution in [2.75, 3.05) is 0 Å². The number of fused-ring (bicyclic) bond motifs is 1. The van der Waals surface area contributed by atoms with E-state index in [4.69, 9.17) is 5.11 Å². The predicted octanol–water partition coefficient (Wildman–Crippen LogP) is 2.70. The molecule has 0 unspecified atom stereocenters. The maximum absolute atomic E-state index is 10.9. The van der Waals surface area contributed by atoms with Crippen LogP contribution >= 0.6 is 0 Å². The molecule has 0 spiro atoms. The van der Waals surface area contributed by atoms with E-state index in [0.717, 1.165) is 16.6 Å². The summed E-state index contributed by atoms with van der Waals surface area (Å²) in [5.41, 5.74) is 3.26. The largest absolute Gasteiger partial charge is 0.478 e. The first kappa shape index (κ1) is 10.5. The summed E-state index contributed by atoms with van der Waals surface area (Å²) < 4.78 is 1.90. The van der Waals surface area contributed by atoms with Crippen LogP contribution in [-0.4, -0.2) is 20.5 Å². The molecule has 0 saturated heterocycles. The molecule has 0 radical (unpaired) electrons. The first-order chi connectivity index (χ1) is 8.74. The second-order valence-corrected chi connectivity index (χ2v) is 4.02. The number of nitrogens with zero attached hydrogens (tertiary/aromatic N) is 2. The van der Waals surface area contributed by atoms with Crippen LogP contribution < -0.4 is 0 Å². The molecular formula is C14H10N2O2. The molecule has 4 nitrogen and oxygen atoms in total. The highest BCUT2D eigenvalue weighted by Gasteiger charge is 2.06. The van der Waals surface area contributed by atoms with Gasteiger partial charge in [0.15, 0.2) is 0 Å². The fourth-order valence-corrected chi connectivity index (χ4v) is 1.94. The lowest BCUT2D eigenvalue weighted by Gasteiger charge is -1.96. The molecule has 0 amide bonds. The number of carbonyl (C=O) groups is 1. The molecule has 0 aromatic carbocycles. The molecule has 0 bridgehead atoms. The summed E-state index contributed by atoms with van der Waals surface area (Å²) in [4.78, 5) is 14.9. The van der Waals surface area contributed by atoms with Crippen molar-refractivity contribution >= 4 is 11.5 Å². The monoisotopic (exact) mass is 238 g/mol. The number of aromatic carboxylic acids is 1. The Morgan fingerprint density at radius 3 is 2.61 bits per heavy atom. The summed E-state index contributed by atoms with van der Waals surface area (Å²) >= 11 is 0. The van der Waals surface area contributed by atoms with Crippen LogP contribution in [0.3, 0.4) is 0 Å². The highest BCUT2D eigenvalue weighted by molar-refractivity contribution is 5.89. The molecule has 4 heteroatoms. The predicted molar refractivity (Wildman–Crippen MR) is 67.6 cm³/mol. The van der Waals surface area contributed by atoms with Crippen LogP contribution in [0, 0.1) is 0 Å². The SMILES string of the molecule is O=C(O)c1ccn2cc(-c3ccncc3)cc2c1. The number of carboxylic acids is 1. The molecule has 0 aliphatic rings. The van der Waals surface area contributed by atoms with Crippen LogP contribution in [0.5, 0.6) is 0 Å². The lowest BCUT2D eigenvalue weighted by molar-refractivity contribution is 0.0697. The van der Waals surface area contributed by atoms with Gasteiger partial charge in [0.2, 0.25) is 0 Å². The second kappa shape index (κ2) is 4.00. The van der Waals surface area contributed by atoms with Gasteiger partial charge in [-0.05, 0) is 35.9 Å². The van der Waals surface area contributed by atoms with Crippen molar-refractivity contribution in [1.29, 1.82) is 0 Å². The summed E-state index contributed by atoms with van der Waals surface area (Å²) in [6.07, 6.45) is 7.19. The topological polar surface area (TPSA) is 54.6 Å². The third kappa shape index (κ3) is 1.73. The van der Waals surface area contributed by atoms with Gasteiger partial charge in [-0.1, -0.05) is 0 Å². The van der Waals surface area contributed by atoms with Crippen molar-refractivity contribution < 1.29 is 9.90 Å². The molecule has 0 aliphatic heterocycles. The van der Waals surface area contributed by atoms with Crippen LogP contribution in [0.25, 0.3) is 16.6 Å². The Hall–Kier alpha value is -2.62. The van der Waals surface area contributed by atoms with Gasteiger partial charge in [0.1, 0.15) is 0 Å². The van der Waals surface area contributed by atoms with E-state index in [1.54, 1.807) is 30.7 Å². The van der Waals surface area contributed by atoms with Gasteiger partial charge in [0.25, 0.3) is 0 Å². The van der Waals surface area contributed by atoms with E-state index in [2.05, 4.69) is 4.98 Å². The van der Waals surface area contributed by atoms with Crippen molar-refractivity contribution in [2.45, 2.75) is 0 Å². The van der Waals surface area contributed by atoms with Gasteiger partial charge in [-0.3, -0.25) is 4.98 Å². The zero-order valence-electron chi connectivity index (χ0n) is 9.45. The van der Waals surface area contributed by atoms with Gasteiger partial charge in [-0.25, -0.2) is 4.79 Å². The van der Waals surface area contributed by atoms with Crippen molar-refractivity contribution in [3.8, 4) is 11.1 Å². The summed E-state index contributed by atoms with van der Waals surface area (Å²) in [5.74, 6) is -0.913. The van der Waals surface area contributed by atoms with E-state index in [1.165, 1.54) is 0 Å². The third-order valence-electron chi connectivity index (χ3n) is 2.86. The molecule has 0 saturated carbocycles. The minimum absolute atomic E-state index is 0.293. The fraction of sp³-hybridized carbons (Fsp3) is 0. The number of hydrogen-bond acceptors (Lipinski definition) is 2. The number of carboxylic acid groups (broad SMARTS) is 1. The summed E-state index contributed by atoms with van der Waals surface area (Å²) in [5, 5.41) is 8.95. The van der Waals surface area contributed by atoms with Gasteiger partial charge in [-0.2, -0.15) is 0 Å². The summed E-state index contributed by atoms with van der Waals surface area (Å²) in [7, 11) is 0. The zero-order valence-corrected chi connectivity index (χ0v) is 9.45. The Bertz CT molecular complexity index is 717. The molecule has 3 aromatic heterocycles. The second-order valence-electron chi connectivity index (χ2n) is 4.02. The first-order valence-corrected chi connectivity index (χ1v) is 5.49. The standard InChI is InChI=1S/C14H10N2O2/c17-14(18)11-3-6-16-9-12(8-13(16)7-11)10-1-4-15-5-2-10/h1-9H,(H,17,18). The number of hydrogen-bond donors (Lipinski definition) is 1. The highest BCUT2D eigenvalue weighted by Crippen LogP contribution is 2.22. The minimum atomic E-state index is -0.913. The number of rotatable bonds is 2. The molecule has 3 heterocycles. The lowest BCUT2D eigenvalue weighted by Crippen LogP contribution is -1.96. The van der Waals surface area contributed by atoms with E-state index in [-0.39, 0.29) is 0 Å². The molecule has 3 rings (SSSR count). The van der Waals surface area contributed by atoms with Crippen LogP contribution in [0.2, 0.25) is 0 Å². The van der Waals surface area contributed by atoms with Crippen LogP contribution in [0.4, 0.5) is 0 Å². The highest BCUT2D eigenvalue weighted by atomic mass is 16.4. The molecule has 0 aliphatic carbocycles. The maximum Gasteiger partial charge on any atom is 0.335 e. The quantitative estimate of drug-likeness (QED) is 0.746. The van der Waals surface area contributed by atoms with Crippen LogP contribution in [0.1, 0.15) is 10.4 Å². The number of pyridine rings is 2. The third-order valence-corrected chi connectivity index (χ3v) is 2.86. The lowest BCUT2D eigenvalue weighted by atomic mass is 10.1. The van der Waals surface area contributed by atoms with E-state index in [9.17, 15) is 4.79 Å². The smallest absolute Gasteiger partial charge is 0.335 e. The molecule has 0 atom stereocenters. The van der Waals surface area contributed by atoms with E-state index in [0.29, 0.717) is 5.56 Å². The van der Waals surface area contributed by atoms with E-state index in [1.807, 2.05) is 28.8 Å². The summed E-state index contributed by atoms with van der Waals surface area (Å²) in [6.45, 7) is 0. The zero-order chi connectivity index (χ0) is 12.5. The van der Waals surface area contributed by atoms with Crippen molar-refractivity contribution in [2.24, 2.45) is 0 Å². The van der Waals surface area contributed by atoms with Crippen molar-refractivity contribution in [1.82, 2.24) is 9.38 Å². The normalized spacial score (nSPS) is 10.7. The molecule has 0 fully saturated rings. The van der Waals surface area contributed by atoms with Crippen LogP contribution in [-0.2, 0) is 0 Å². The molecular weight excluding hydrogens is 228 g/mol. The van der Waals surface area contributed by atoms with E-state index < -0.39 is 5.97 Å². The summed E-state index contributed by atoms with van der Waals surface area (Å²) in [6, 6.07) is 9.06. The molecule has 1 N–H and O–H groups in total. The van der Waals surface area contributed by atoms with Gasteiger partial charge >= 0.3 is 5.97 Å². The number of aromatic nitrogens is 2. The van der Waals surface area contributed by atoms with E-state index >= 15 is 0 Å². The Morgan fingerprint density at radius 1 is 1.11 bits per heavy atom. The Morgan fingerprint density at radius 2 is 1.89 bits per heavy atom. The molecule has 3 aromatic rings. The average Bonchev–Trinajstić information content (AvgIpc) is 2.82. The van der Waals surface area contributed by atoms with Gasteiger partial charge in [0.05, 0.1) is 5.56 Å². The maximum atomic E-state index is 10.9. The van der Waals surface area contributed by atoms with Gasteiger partial charge in [0, 0.05) is 35.9 Å². The average molecular weight is 238 g/mol.